The maximum atomic E-state index is 6.02. The zero-order chi connectivity index (χ0) is 17.9. The third kappa shape index (κ3) is 6.43. The molecule has 0 atom stereocenters. The second-order valence-electron chi connectivity index (χ2n) is 6.58. The largest absolute Gasteiger partial charge is 0.494 e. The molecule has 3 heteroatoms. The van der Waals surface area contributed by atoms with Crippen molar-refractivity contribution in [2.45, 2.75) is 58.8 Å². The molecule has 2 aromatic rings. The molecule has 0 unspecified atom stereocenters. The van der Waals surface area contributed by atoms with Crippen LogP contribution in [0.25, 0.3) is 10.8 Å². The highest BCUT2D eigenvalue weighted by atomic mass is 35.5. The molecule has 0 aliphatic carbocycles. The van der Waals surface area contributed by atoms with Gasteiger partial charge in [-0.15, -0.1) is 11.6 Å². The first-order valence-electron chi connectivity index (χ1n) is 9.61. The van der Waals surface area contributed by atoms with Gasteiger partial charge in [-0.25, -0.2) is 0 Å². The van der Waals surface area contributed by atoms with E-state index in [9.17, 15) is 0 Å². The number of fused-ring (bicyclic) bond motifs is 1. The molecule has 0 radical (unpaired) electrons. The van der Waals surface area contributed by atoms with Crippen LogP contribution in [0.3, 0.4) is 0 Å². The fraction of sp³-hybridized carbons (Fsp3) is 0.545. The molecule has 0 heterocycles. The molecule has 0 aliphatic rings. The number of aryl methyl sites for hydroxylation is 1. The third-order valence-electron chi connectivity index (χ3n) is 4.51. The molecule has 0 fully saturated rings. The minimum atomic E-state index is 0.631. The van der Waals surface area contributed by atoms with Crippen molar-refractivity contribution in [1.29, 1.82) is 0 Å². The zero-order valence-corrected chi connectivity index (χ0v) is 16.4. The van der Waals surface area contributed by atoms with Crippen molar-refractivity contribution in [3.8, 4) is 11.5 Å². The Morgan fingerprint density at radius 3 is 2.40 bits per heavy atom. The predicted molar refractivity (Wildman–Crippen MR) is 108 cm³/mol. The molecule has 0 saturated heterocycles. The minimum absolute atomic E-state index is 0.631. The van der Waals surface area contributed by atoms with E-state index in [-0.39, 0.29) is 0 Å². The highest BCUT2D eigenvalue weighted by Crippen LogP contribution is 2.30. The molecule has 2 nitrogen and oxygen atoms in total. The van der Waals surface area contributed by atoms with Gasteiger partial charge in [-0.1, -0.05) is 51.2 Å². The van der Waals surface area contributed by atoms with Crippen LogP contribution in [0, 0.1) is 6.92 Å². The molecule has 2 rings (SSSR count). The number of hydrogen-bond donors (Lipinski definition) is 0. The lowest BCUT2D eigenvalue weighted by Gasteiger charge is -2.13. The summed E-state index contributed by atoms with van der Waals surface area (Å²) in [6, 6.07) is 10.4. The van der Waals surface area contributed by atoms with E-state index in [1.54, 1.807) is 0 Å². The molecular weight excluding hydrogens is 332 g/mol. The summed E-state index contributed by atoms with van der Waals surface area (Å²) >= 11 is 5.69. The van der Waals surface area contributed by atoms with Gasteiger partial charge in [0.05, 0.1) is 13.2 Å². The normalized spacial score (nSPS) is 11.0. The van der Waals surface area contributed by atoms with Crippen molar-refractivity contribution in [2.75, 3.05) is 19.1 Å². The number of halogens is 1. The zero-order valence-electron chi connectivity index (χ0n) is 15.7. The maximum absolute atomic E-state index is 6.02. The van der Waals surface area contributed by atoms with E-state index in [1.807, 2.05) is 6.07 Å². The highest BCUT2D eigenvalue weighted by molar-refractivity contribution is 6.17. The van der Waals surface area contributed by atoms with Crippen molar-refractivity contribution < 1.29 is 9.47 Å². The second kappa shape index (κ2) is 11.3. The standard InChI is InChI=1S/C22H31ClO2/c1-3-4-5-6-7-8-15-25-22-13-10-19-17-20(24-16-9-14-23)11-12-21(19)18(22)2/h10-13,17H,3-9,14-16H2,1-2H3. The lowest BCUT2D eigenvalue weighted by molar-refractivity contribution is 0.303. The van der Waals surface area contributed by atoms with Crippen molar-refractivity contribution in [3.05, 3.63) is 35.9 Å². The molecule has 0 aliphatic heterocycles. The van der Waals surface area contributed by atoms with Gasteiger partial charge < -0.3 is 9.47 Å². The van der Waals surface area contributed by atoms with Crippen molar-refractivity contribution in [3.63, 3.8) is 0 Å². The van der Waals surface area contributed by atoms with E-state index in [0.717, 1.165) is 30.9 Å². The number of hydrogen-bond acceptors (Lipinski definition) is 2. The summed E-state index contributed by atoms with van der Waals surface area (Å²) < 4.78 is 11.7. The average molecular weight is 363 g/mol. The van der Waals surface area contributed by atoms with Crippen LogP contribution in [0.1, 0.15) is 57.4 Å². The molecule has 0 aromatic heterocycles. The van der Waals surface area contributed by atoms with Crippen LogP contribution in [0.2, 0.25) is 0 Å². The van der Waals surface area contributed by atoms with Gasteiger partial charge in [-0.05, 0) is 54.3 Å². The fourth-order valence-electron chi connectivity index (χ4n) is 3.00. The Balaban J connectivity index is 1.89. The van der Waals surface area contributed by atoms with Crippen LogP contribution in [0.5, 0.6) is 11.5 Å². The molecule has 0 spiro atoms. The van der Waals surface area contributed by atoms with Gasteiger partial charge in [0.25, 0.3) is 0 Å². The number of ether oxygens (including phenoxy) is 2. The van der Waals surface area contributed by atoms with Crippen molar-refractivity contribution in [1.82, 2.24) is 0 Å². The SMILES string of the molecule is CCCCCCCCOc1ccc2cc(OCCCCl)ccc2c1C. The van der Waals surface area contributed by atoms with Gasteiger partial charge >= 0.3 is 0 Å². The van der Waals surface area contributed by atoms with Crippen LogP contribution in [-0.4, -0.2) is 19.1 Å². The van der Waals surface area contributed by atoms with Gasteiger partial charge in [-0.3, -0.25) is 0 Å². The molecule has 0 saturated carbocycles. The Kier molecular flexibility index (Phi) is 8.96. The third-order valence-corrected chi connectivity index (χ3v) is 4.78. The Bertz CT molecular complexity index is 639. The first kappa shape index (κ1) is 19.9. The maximum Gasteiger partial charge on any atom is 0.122 e. The van der Waals surface area contributed by atoms with E-state index in [4.69, 9.17) is 21.1 Å². The van der Waals surface area contributed by atoms with Crippen LogP contribution in [0.15, 0.2) is 30.3 Å². The monoisotopic (exact) mass is 362 g/mol. The highest BCUT2D eigenvalue weighted by Gasteiger charge is 2.06. The van der Waals surface area contributed by atoms with Crippen molar-refractivity contribution >= 4 is 22.4 Å². The van der Waals surface area contributed by atoms with Crippen LogP contribution in [0.4, 0.5) is 0 Å². The first-order chi connectivity index (χ1) is 12.3. The fourth-order valence-corrected chi connectivity index (χ4v) is 3.11. The molecule has 0 bridgehead atoms. The van der Waals surface area contributed by atoms with E-state index in [2.05, 4.69) is 38.1 Å². The van der Waals surface area contributed by atoms with E-state index in [1.165, 1.54) is 48.4 Å². The lowest BCUT2D eigenvalue weighted by Crippen LogP contribution is -2.00. The van der Waals surface area contributed by atoms with Gasteiger partial charge in [0, 0.05) is 5.88 Å². The number of alkyl halides is 1. The Labute approximate surface area is 157 Å². The summed E-state index contributed by atoms with van der Waals surface area (Å²) in [4.78, 5) is 0. The van der Waals surface area contributed by atoms with Gasteiger partial charge in [-0.2, -0.15) is 0 Å². The molecule has 138 valence electrons. The van der Waals surface area contributed by atoms with Crippen LogP contribution in [-0.2, 0) is 0 Å². The Hall–Kier alpha value is -1.41. The topological polar surface area (TPSA) is 18.5 Å². The average Bonchev–Trinajstić information content (AvgIpc) is 2.63. The smallest absolute Gasteiger partial charge is 0.122 e. The number of unbranched alkanes of at least 4 members (excludes halogenated alkanes) is 5. The number of rotatable bonds is 12. The van der Waals surface area contributed by atoms with Gasteiger partial charge in [0.15, 0.2) is 0 Å². The molecule has 0 amide bonds. The van der Waals surface area contributed by atoms with Crippen LogP contribution >= 0.6 is 11.6 Å². The van der Waals surface area contributed by atoms with Gasteiger partial charge in [0.2, 0.25) is 0 Å². The van der Waals surface area contributed by atoms with Gasteiger partial charge in [0.1, 0.15) is 11.5 Å². The van der Waals surface area contributed by atoms with Crippen LogP contribution < -0.4 is 9.47 Å². The molecule has 0 N–H and O–H groups in total. The van der Waals surface area contributed by atoms with Crippen molar-refractivity contribution in [2.24, 2.45) is 0 Å². The summed E-state index contributed by atoms with van der Waals surface area (Å²) in [7, 11) is 0. The predicted octanol–water partition coefficient (Wildman–Crippen LogP) is 6.90. The Morgan fingerprint density at radius 2 is 1.60 bits per heavy atom. The summed E-state index contributed by atoms with van der Waals surface area (Å²) in [6.45, 7) is 5.85. The molecule has 25 heavy (non-hydrogen) atoms. The minimum Gasteiger partial charge on any atom is -0.494 e. The first-order valence-corrected chi connectivity index (χ1v) is 10.1. The van der Waals surface area contributed by atoms with E-state index in [0.29, 0.717) is 12.5 Å². The summed E-state index contributed by atoms with van der Waals surface area (Å²) in [5.41, 5.74) is 1.20. The second-order valence-corrected chi connectivity index (χ2v) is 6.96. The summed E-state index contributed by atoms with van der Waals surface area (Å²) in [5, 5.41) is 2.41. The summed E-state index contributed by atoms with van der Waals surface area (Å²) in [5.74, 6) is 2.53. The molecular formula is C22H31ClO2. The Morgan fingerprint density at radius 1 is 0.840 bits per heavy atom. The lowest BCUT2D eigenvalue weighted by atomic mass is 10.0. The van der Waals surface area contributed by atoms with E-state index < -0.39 is 0 Å². The number of benzene rings is 2. The molecule has 2 aromatic carbocycles. The summed E-state index contributed by atoms with van der Waals surface area (Å²) in [6.07, 6.45) is 8.57. The quantitative estimate of drug-likeness (QED) is 0.302. The van der Waals surface area contributed by atoms with E-state index >= 15 is 0 Å².